The summed E-state index contributed by atoms with van der Waals surface area (Å²) in [5.74, 6) is -0.665. The molecule has 2 rings (SSSR count). The van der Waals surface area contributed by atoms with Gasteiger partial charge in [-0.3, -0.25) is 14.8 Å². The largest absolute Gasteiger partial charge is 0.446 e. The average molecular weight is 265 g/mol. The molecule has 0 atom stereocenters. The molecule has 0 bridgehead atoms. The fourth-order valence-electron chi connectivity index (χ4n) is 1.77. The van der Waals surface area contributed by atoms with Gasteiger partial charge in [-0.1, -0.05) is 6.07 Å². The van der Waals surface area contributed by atoms with E-state index in [1.165, 1.54) is 12.1 Å². The summed E-state index contributed by atoms with van der Waals surface area (Å²) in [5.41, 5.74) is 0.611. The van der Waals surface area contributed by atoms with Crippen molar-refractivity contribution in [2.24, 2.45) is 7.05 Å². The molecule has 1 heterocycles. The van der Waals surface area contributed by atoms with Crippen LogP contribution in [0.2, 0.25) is 0 Å². The summed E-state index contributed by atoms with van der Waals surface area (Å²) in [6, 6.07) is 3.74. The van der Waals surface area contributed by atoms with Gasteiger partial charge in [0.2, 0.25) is 11.6 Å². The molecule has 0 aliphatic heterocycles. The molecular formula is C12H12FN3O3. The first kappa shape index (κ1) is 13.0. The SMILES string of the molecule is Cc1nn(C)c(C)c1Oc1cccc(F)c1[N+](=O)[O-]. The zero-order valence-electron chi connectivity index (χ0n) is 10.7. The van der Waals surface area contributed by atoms with Crippen LogP contribution < -0.4 is 4.74 Å². The lowest BCUT2D eigenvalue weighted by Crippen LogP contribution is -1.98. The molecule has 0 N–H and O–H groups in total. The molecule has 2 aromatic rings. The second-order valence-corrected chi connectivity index (χ2v) is 4.07. The Bertz CT molecular complexity index is 652. The fraction of sp³-hybridized carbons (Fsp3) is 0.250. The van der Waals surface area contributed by atoms with Gasteiger partial charge >= 0.3 is 5.69 Å². The van der Waals surface area contributed by atoms with Gasteiger partial charge in [0, 0.05) is 7.05 Å². The maximum absolute atomic E-state index is 13.5. The Morgan fingerprint density at radius 1 is 1.42 bits per heavy atom. The van der Waals surface area contributed by atoms with E-state index >= 15 is 0 Å². The van der Waals surface area contributed by atoms with Crippen LogP contribution in [0.1, 0.15) is 11.4 Å². The van der Waals surface area contributed by atoms with E-state index < -0.39 is 16.4 Å². The molecule has 0 spiro atoms. The Morgan fingerprint density at radius 3 is 2.63 bits per heavy atom. The third kappa shape index (κ3) is 2.26. The highest BCUT2D eigenvalue weighted by Gasteiger charge is 2.23. The Balaban J connectivity index is 2.50. The number of ether oxygens (including phenoxy) is 1. The minimum Gasteiger partial charge on any atom is -0.446 e. The van der Waals surface area contributed by atoms with E-state index in [2.05, 4.69) is 5.10 Å². The lowest BCUT2D eigenvalue weighted by Gasteiger charge is -2.06. The van der Waals surface area contributed by atoms with E-state index in [0.29, 0.717) is 17.1 Å². The zero-order chi connectivity index (χ0) is 14.2. The number of rotatable bonds is 3. The molecular weight excluding hydrogens is 253 g/mol. The molecule has 7 heteroatoms. The fourth-order valence-corrected chi connectivity index (χ4v) is 1.77. The first-order valence-electron chi connectivity index (χ1n) is 5.52. The third-order valence-corrected chi connectivity index (χ3v) is 2.79. The Hall–Kier alpha value is -2.44. The van der Waals surface area contributed by atoms with Crippen molar-refractivity contribution in [1.82, 2.24) is 9.78 Å². The number of nitrogens with zero attached hydrogens (tertiary/aromatic N) is 3. The van der Waals surface area contributed by atoms with Crippen LogP contribution >= 0.6 is 0 Å². The monoisotopic (exact) mass is 265 g/mol. The standard InChI is InChI=1S/C12H12FN3O3/c1-7-12(8(2)15(3)14-7)19-10-6-4-5-9(13)11(10)16(17)18/h4-6H,1-3H3. The molecule has 0 aliphatic rings. The minimum absolute atomic E-state index is 0.135. The lowest BCUT2D eigenvalue weighted by atomic mass is 10.2. The number of benzene rings is 1. The lowest BCUT2D eigenvalue weighted by molar-refractivity contribution is -0.388. The van der Waals surface area contributed by atoms with E-state index in [4.69, 9.17) is 4.74 Å². The summed E-state index contributed by atoms with van der Waals surface area (Å²) in [5, 5.41) is 15.0. The van der Waals surface area contributed by atoms with Crippen LogP contribution in [0.3, 0.4) is 0 Å². The molecule has 0 saturated carbocycles. The summed E-state index contributed by atoms with van der Waals surface area (Å²) in [6.45, 7) is 3.48. The number of halogens is 1. The highest BCUT2D eigenvalue weighted by molar-refractivity contribution is 5.50. The van der Waals surface area contributed by atoms with Gasteiger partial charge in [-0.25, -0.2) is 0 Å². The number of para-hydroxylation sites is 1. The van der Waals surface area contributed by atoms with Gasteiger partial charge in [-0.15, -0.1) is 0 Å². The highest BCUT2D eigenvalue weighted by Crippen LogP contribution is 2.35. The highest BCUT2D eigenvalue weighted by atomic mass is 19.1. The van der Waals surface area contributed by atoms with Gasteiger partial charge in [0.15, 0.2) is 5.75 Å². The molecule has 0 unspecified atom stereocenters. The van der Waals surface area contributed by atoms with Crippen molar-refractivity contribution in [1.29, 1.82) is 0 Å². The van der Waals surface area contributed by atoms with E-state index in [0.717, 1.165) is 6.07 Å². The van der Waals surface area contributed by atoms with Crippen molar-refractivity contribution in [2.45, 2.75) is 13.8 Å². The molecule has 19 heavy (non-hydrogen) atoms. The maximum Gasteiger partial charge on any atom is 0.346 e. The van der Waals surface area contributed by atoms with Gasteiger partial charge in [-0.05, 0) is 26.0 Å². The summed E-state index contributed by atoms with van der Waals surface area (Å²) in [4.78, 5) is 10.1. The normalized spacial score (nSPS) is 10.5. The second kappa shape index (κ2) is 4.68. The van der Waals surface area contributed by atoms with Crippen LogP contribution in [-0.4, -0.2) is 14.7 Å². The van der Waals surface area contributed by atoms with E-state index in [1.54, 1.807) is 25.6 Å². The van der Waals surface area contributed by atoms with Crippen molar-refractivity contribution < 1.29 is 14.1 Å². The number of aromatic nitrogens is 2. The zero-order valence-corrected chi connectivity index (χ0v) is 10.7. The topological polar surface area (TPSA) is 70.2 Å². The number of nitro benzene ring substituents is 1. The van der Waals surface area contributed by atoms with Crippen LogP contribution in [0, 0.1) is 29.8 Å². The molecule has 1 aromatic carbocycles. The van der Waals surface area contributed by atoms with Crippen LogP contribution in [0.15, 0.2) is 18.2 Å². The molecule has 1 aromatic heterocycles. The third-order valence-electron chi connectivity index (χ3n) is 2.79. The number of hydrogen-bond donors (Lipinski definition) is 0. The van der Waals surface area contributed by atoms with Gasteiger partial charge < -0.3 is 4.74 Å². The summed E-state index contributed by atoms with van der Waals surface area (Å²) < 4.78 is 20.5. The van der Waals surface area contributed by atoms with Crippen LogP contribution in [-0.2, 0) is 7.05 Å². The summed E-state index contributed by atoms with van der Waals surface area (Å²) in [6.07, 6.45) is 0. The van der Waals surface area contributed by atoms with Gasteiger partial charge in [0.25, 0.3) is 0 Å². The van der Waals surface area contributed by atoms with Crippen molar-refractivity contribution in [2.75, 3.05) is 0 Å². The molecule has 6 nitrogen and oxygen atoms in total. The first-order valence-corrected chi connectivity index (χ1v) is 5.52. The van der Waals surface area contributed by atoms with Crippen molar-refractivity contribution in [3.8, 4) is 11.5 Å². The van der Waals surface area contributed by atoms with Gasteiger partial charge in [0.05, 0.1) is 10.6 Å². The second-order valence-electron chi connectivity index (χ2n) is 4.07. The molecule has 0 amide bonds. The van der Waals surface area contributed by atoms with Crippen molar-refractivity contribution in [3.63, 3.8) is 0 Å². The number of hydrogen-bond acceptors (Lipinski definition) is 4. The first-order chi connectivity index (χ1) is 8.91. The molecule has 0 fully saturated rings. The molecule has 0 radical (unpaired) electrons. The summed E-state index contributed by atoms with van der Waals surface area (Å²) in [7, 11) is 1.73. The van der Waals surface area contributed by atoms with Crippen molar-refractivity contribution >= 4 is 5.69 Å². The van der Waals surface area contributed by atoms with Gasteiger partial charge in [-0.2, -0.15) is 9.49 Å². The molecule has 100 valence electrons. The van der Waals surface area contributed by atoms with Crippen LogP contribution in [0.4, 0.5) is 10.1 Å². The predicted molar refractivity (Wildman–Crippen MR) is 65.8 cm³/mol. The number of nitro groups is 1. The quantitative estimate of drug-likeness (QED) is 0.632. The van der Waals surface area contributed by atoms with E-state index in [9.17, 15) is 14.5 Å². The Kier molecular flexibility index (Phi) is 3.20. The molecule has 0 aliphatic carbocycles. The average Bonchev–Trinajstić information content (AvgIpc) is 2.55. The summed E-state index contributed by atoms with van der Waals surface area (Å²) >= 11 is 0. The Morgan fingerprint density at radius 2 is 2.11 bits per heavy atom. The molecule has 0 saturated heterocycles. The van der Waals surface area contributed by atoms with Crippen molar-refractivity contribution in [3.05, 3.63) is 45.5 Å². The predicted octanol–water partition coefficient (Wildman–Crippen LogP) is 2.88. The van der Waals surface area contributed by atoms with E-state index in [1.807, 2.05) is 0 Å². The van der Waals surface area contributed by atoms with Crippen LogP contribution in [0.5, 0.6) is 11.5 Å². The van der Waals surface area contributed by atoms with Crippen LogP contribution in [0.25, 0.3) is 0 Å². The Labute approximate surface area is 108 Å². The minimum atomic E-state index is -0.929. The van der Waals surface area contributed by atoms with E-state index in [-0.39, 0.29) is 5.75 Å². The van der Waals surface area contributed by atoms with Gasteiger partial charge in [0.1, 0.15) is 5.69 Å². The smallest absolute Gasteiger partial charge is 0.346 e. The number of aryl methyl sites for hydroxylation is 2. The maximum atomic E-state index is 13.5.